The summed E-state index contributed by atoms with van der Waals surface area (Å²) in [6, 6.07) is 0. The molecule has 0 saturated heterocycles. The topological polar surface area (TPSA) is 20.2 Å². The Morgan fingerprint density at radius 2 is 2.36 bits per heavy atom. The zero-order valence-electron chi connectivity index (χ0n) is 7.51. The average Bonchev–Trinajstić information content (AvgIpc) is 2.55. The van der Waals surface area contributed by atoms with E-state index in [-0.39, 0.29) is 6.10 Å². The summed E-state index contributed by atoms with van der Waals surface area (Å²) in [5.74, 6) is 1.52. The Morgan fingerprint density at radius 3 is 2.73 bits per heavy atom. The summed E-state index contributed by atoms with van der Waals surface area (Å²) in [6.45, 7) is 4.46. The van der Waals surface area contributed by atoms with Crippen molar-refractivity contribution in [1.82, 2.24) is 0 Å². The molecular weight excluding hydrogens is 136 g/mol. The van der Waals surface area contributed by atoms with Crippen LogP contribution in [-0.2, 0) is 0 Å². The fourth-order valence-corrected chi connectivity index (χ4v) is 2.86. The minimum Gasteiger partial charge on any atom is -0.393 e. The summed E-state index contributed by atoms with van der Waals surface area (Å²) in [4.78, 5) is 0. The quantitative estimate of drug-likeness (QED) is 0.646. The number of rotatable bonds is 2. The van der Waals surface area contributed by atoms with E-state index in [0.29, 0.717) is 11.3 Å². The molecule has 0 radical (unpaired) electrons. The maximum absolute atomic E-state index is 9.67. The van der Waals surface area contributed by atoms with Crippen LogP contribution in [0.3, 0.4) is 0 Å². The molecule has 0 amide bonds. The number of hydrogen-bond acceptors (Lipinski definition) is 1. The molecule has 0 aliphatic heterocycles. The van der Waals surface area contributed by atoms with Gasteiger partial charge in [0.1, 0.15) is 0 Å². The first-order valence-electron chi connectivity index (χ1n) is 4.85. The summed E-state index contributed by atoms with van der Waals surface area (Å²) in [6.07, 6.45) is 4.95. The van der Waals surface area contributed by atoms with Gasteiger partial charge in [-0.1, -0.05) is 13.8 Å². The molecule has 11 heavy (non-hydrogen) atoms. The number of aliphatic hydroxyl groups excluding tert-OH is 1. The number of fused-ring (bicyclic) bond motifs is 1. The molecule has 0 bridgehead atoms. The van der Waals surface area contributed by atoms with Crippen LogP contribution in [0.1, 0.15) is 39.5 Å². The van der Waals surface area contributed by atoms with Crippen LogP contribution < -0.4 is 0 Å². The third-order valence-corrected chi connectivity index (χ3v) is 3.90. The molecule has 2 aliphatic carbocycles. The van der Waals surface area contributed by atoms with E-state index in [1.54, 1.807) is 0 Å². The molecule has 1 N–H and O–H groups in total. The normalized spacial score (nSPS) is 50.5. The molecule has 0 aromatic rings. The molecule has 0 heterocycles. The van der Waals surface area contributed by atoms with E-state index in [1.807, 2.05) is 0 Å². The lowest BCUT2D eigenvalue weighted by atomic mass is 9.95. The van der Waals surface area contributed by atoms with Gasteiger partial charge in [0.25, 0.3) is 0 Å². The molecule has 1 heteroatoms. The Kier molecular flexibility index (Phi) is 1.54. The molecule has 1 nitrogen and oxygen atoms in total. The van der Waals surface area contributed by atoms with Gasteiger partial charge in [-0.3, -0.25) is 0 Å². The Labute approximate surface area is 68.8 Å². The van der Waals surface area contributed by atoms with Crippen molar-refractivity contribution >= 4 is 0 Å². The minimum absolute atomic E-state index is 0.00988. The van der Waals surface area contributed by atoms with Crippen LogP contribution in [0.15, 0.2) is 0 Å². The van der Waals surface area contributed by atoms with Crippen molar-refractivity contribution in [3.05, 3.63) is 0 Å². The monoisotopic (exact) mass is 154 g/mol. The zero-order valence-corrected chi connectivity index (χ0v) is 7.51. The standard InChI is InChI=1S/C10H18O/c1-3-9(11)7-4-5-10(2)6-8(7)10/h7-9,11H,3-6H2,1-2H3/t7?,8?,9?,10-/m1/s1. The minimum atomic E-state index is -0.00988. The Balaban J connectivity index is 1.98. The average molecular weight is 154 g/mol. The van der Waals surface area contributed by atoms with Gasteiger partial charge < -0.3 is 5.11 Å². The summed E-state index contributed by atoms with van der Waals surface area (Å²) < 4.78 is 0. The van der Waals surface area contributed by atoms with Crippen LogP contribution in [0.4, 0.5) is 0 Å². The maximum Gasteiger partial charge on any atom is 0.0568 e. The van der Waals surface area contributed by atoms with Crippen molar-refractivity contribution < 1.29 is 5.11 Å². The molecule has 64 valence electrons. The predicted molar refractivity (Wildman–Crippen MR) is 45.2 cm³/mol. The fraction of sp³-hybridized carbons (Fsp3) is 1.00. The van der Waals surface area contributed by atoms with E-state index in [4.69, 9.17) is 0 Å². The van der Waals surface area contributed by atoms with Gasteiger partial charge in [0.15, 0.2) is 0 Å². The van der Waals surface area contributed by atoms with Crippen LogP contribution in [0.2, 0.25) is 0 Å². The molecular formula is C10H18O. The highest BCUT2D eigenvalue weighted by Crippen LogP contribution is 2.66. The van der Waals surface area contributed by atoms with Crippen molar-refractivity contribution in [3.63, 3.8) is 0 Å². The summed E-state index contributed by atoms with van der Waals surface area (Å²) >= 11 is 0. The van der Waals surface area contributed by atoms with Crippen LogP contribution in [-0.4, -0.2) is 11.2 Å². The Morgan fingerprint density at radius 1 is 1.64 bits per heavy atom. The number of aliphatic hydroxyl groups is 1. The molecule has 2 saturated carbocycles. The van der Waals surface area contributed by atoms with E-state index in [0.717, 1.165) is 12.3 Å². The van der Waals surface area contributed by atoms with Crippen LogP contribution in [0.5, 0.6) is 0 Å². The number of hydrogen-bond donors (Lipinski definition) is 1. The second-order valence-electron chi connectivity index (χ2n) is 4.64. The van der Waals surface area contributed by atoms with Gasteiger partial charge in [0.05, 0.1) is 6.10 Å². The van der Waals surface area contributed by atoms with Crippen molar-refractivity contribution in [2.75, 3.05) is 0 Å². The van der Waals surface area contributed by atoms with Gasteiger partial charge in [-0.15, -0.1) is 0 Å². The van der Waals surface area contributed by atoms with E-state index in [2.05, 4.69) is 13.8 Å². The summed E-state index contributed by atoms with van der Waals surface area (Å²) in [7, 11) is 0. The van der Waals surface area contributed by atoms with E-state index in [9.17, 15) is 5.11 Å². The van der Waals surface area contributed by atoms with Gasteiger partial charge >= 0.3 is 0 Å². The Bertz CT molecular complexity index is 166. The Hall–Kier alpha value is -0.0400. The second-order valence-corrected chi connectivity index (χ2v) is 4.64. The molecule has 0 aromatic carbocycles. The van der Waals surface area contributed by atoms with Crippen molar-refractivity contribution in [2.45, 2.75) is 45.6 Å². The zero-order chi connectivity index (χ0) is 8.06. The van der Waals surface area contributed by atoms with Crippen molar-refractivity contribution in [3.8, 4) is 0 Å². The lowest BCUT2D eigenvalue weighted by Crippen LogP contribution is -2.19. The van der Waals surface area contributed by atoms with E-state index in [1.165, 1.54) is 19.3 Å². The van der Waals surface area contributed by atoms with E-state index >= 15 is 0 Å². The third kappa shape index (κ3) is 1.01. The third-order valence-electron chi connectivity index (χ3n) is 3.90. The fourth-order valence-electron chi connectivity index (χ4n) is 2.86. The molecule has 2 aliphatic rings. The molecule has 0 aromatic heterocycles. The largest absolute Gasteiger partial charge is 0.393 e. The molecule has 0 spiro atoms. The van der Waals surface area contributed by atoms with Gasteiger partial charge in [-0.2, -0.15) is 0 Å². The first kappa shape index (κ1) is 7.60. The maximum atomic E-state index is 9.67. The second kappa shape index (κ2) is 2.22. The van der Waals surface area contributed by atoms with Gasteiger partial charge in [-0.25, -0.2) is 0 Å². The lowest BCUT2D eigenvalue weighted by molar-refractivity contribution is 0.0949. The first-order chi connectivity index (χ1) is 5.17. The predicted octanol–water partition coefficient (Wildman–Crippen LogP) is 2.19. The van der Waals surface area contributed by atoms with Crippen LogP contribution in [0, 0.1) is 17.3 Å². The highest BCUT2D eigenvalue weighted by atomic mass is 16.3. The molecule has 4 atom stereocenters. The highest BCUT2D eigenvalue weighted by Gasteiger charge is 2.59. The van der Waals surface area contributed by atoms with Gasteiger partial charge in [0, 0.05) is 0 Å². The summed E-state index contributed by atoms with van der Waals surface area (Å²) in [5.41, 5.74) is 0.654. The van der Waals surface area contributed by atoms with Gasteiger partial charge in [-0.05, 0) is 42.9 Å². The highest BCUT2D eigenvalue weighted by molar-refractivity contribution is 5.08. The first-order valence-corrected chi connectivity index (χ1v) is 4.85. The van der Waals surface area contributed by atoms with Crippen LogP contribution in [0.25, 0.3) is 0 Å². The summed E-state index contributed by atoms with van der Waals surface area (Å²) in [5, 5.41) is 9.67. The SMILES string of the molecule is CCC(O)C1CC[C@]2(C)CC12. The molecule has 2 fully saturated rings. The molecule has 3 unspecified atom stereocenters. The van der Waals surface area contributed by atoms with Gasteiger partial charge in [0.2, 0.25) is 0 Å². The van der Waals surface area contributed by atoms with Crippen LogP contribution >= 0.6 is 0 Å². The van der Waals surface area contributed by atoms with E-state index < -0.39 is 0 Å². The smallest absolute Gasteiger partial charge is 0.0568 e. The van der Waals surface area contributed by atoms with Crippen molar-refractivity contribution in [2.24, 2.45) is 17.3 Å². The molecule has 2 rings (SSSR count). The lowest BCUT2D eigenvalue weighted by Gasteiger charge is -2.17. The van der Waals surface area contributed by atoms with Crippen molar-refractivity contribution in [1.29, 1.82) is 0 Å².